The Balaban J connectivity index is 2.54. The Bertz CT molecular complexity index is 335. The average Bonchev–Trinajstić information content (AvgIpc) is 2.65. The highest BCUT2D eigenvalue weighted by Gasteiger charge is 2.15. The van der Waals surface area contributed by atoms with Crippen LogP contribution in [0.4, 0.5) is 0 Å². The van der Waals surface area contributed by atoms with Crippen LogP contribution in [0.15, 0.2) is 5.38 Å². The monoisotopic (exact) mass is 244 g/mol. The molecular formula is C10H16N2O3S. The van der Waals surface area contributed by atoms with Crippen molar-refractivity contribution in [3.63, 3.8) is 0 Å². The summed E-state index contributed by atoms with van der Waals surface area (Å²) >= 11 is 1.43. The number of hydrogen-bond donors (Lipinski definition) is 2. The van der Waals surface area contributed by atoms with Crippen molar-refractivity contribution in [1.29, 1.82) is 0 Å². The minimum atomic E-state index is -0.222. The molecule has 6 heteroatoms. The fraction of sp³-hybridized carbons (Fsp3) is 0.600. The van der Waals surface area contributed by atoms with Crippen molar-refractivity contribution in [2.45, 2.75) is 19.4 Å². The van der Waals surface area contributed by atoms with Crippen LogP contribution in [0, 0.1) is 6.92 Å². The second-order valence-electron chi connectivity index (χ2n) is 3.39. The summed E-state index contributed by atoms with van der Waals surface area (Å²) in [6, 6.07) is -0.176. The number of hydrogen-bond acceptors (Lipinski definition) is 5. The zero-order valence-corrected chi connectivity index (χ0v) is 10.2. The highest BCUT2D eigenvalue weighted by atomic mass is 32.1. The molecule has 0 fully saturated rings. The highest BCUT2D eigenvalue weighted by Crippen LogP contribution is 2.08. The molecule has 1 atom stereocenters. The lowest BCUT2D eigenvalue weighted by atomic mass is 10.2. The van der Waals surface area contributed by atoms with Crippen LogP contribution in [-0.2, 0) is 4.74 Å². The van der Waals surface area contributed by atoms with Gasteiger partial charge in [-0.1, -0.05) is 0 Å². The quantitative estimate of drug-likeness (QED) is 0.768. The summed E-state index contributed by atoms with van der Waals surface area (Å²) in [5.74, 6) is -0.222. The maximum absolute atomic E-state index is 11.7. The number of aryl methyl sites for hydroxylation is 1. The number of amides is 1. The molecule has 0 aliphatic carbocycles. The van der Waals surface area contributed by atoms with Gasteiger partial charge in [0.05, 0.1) is 17.7 Å². The first-order valence-electron chi connectivity index (χ1n) is 5.00. The van der Waals surface area contributed by atoms with Crippen LogP contribution in [0.2, 0.25) is 0 Å². The molecule has 0 saturated carbocycles. The SMILES string of the molecule is COCC(CCO)NC(=O)c1csc(C)n1. The van der Waals surface area contributed by atoms with Crippen LogP contribution >= 0.6 is 11.3 Å². The molecule has 1 amide bonds. The first-order chi connectivity index (χ1) is 7.67. The second-order valence-corrected chi connectivity index (χ2v) is 4.45. The fourth-order valence-electron chi connectivity index (χ4n) is 1.28. The minimum Gasteiger partial charge on any atom is -0.396 e. The molecule has 0 aliphatic heterocycles. The van der Waals surface area contributed by atoms with E-state index in [4.69, 9.17) is 9.84 Å². The average molecular weight is 244 g/mol. The van der Waals surface area contributed by atoms with Gasteiger partial charge in [-0.05, 0) is 13.3 Å². The van der Waals surface area contributed by atoms with Crippen LogP contribution in [0.3, 0.4) is 0 Å². The van der Waals surface area contributed by atoms with Gasteiger partial charge in [0.25, 0.3) is 5.91 Å². The smallest absolute Gasteiger partial charge is 0.271 e. The standard InChI is InChI=1S/C10H16N2O3S/c1-7-11-9(6-16-7)10(14)12-8(3-4-13)5-15-2/h6,8,13H,3-5H2,1-2H3,(H,12,14). The van der Waals surface area contributed by atoms with Crippen LogP contribution in [-0.4, -0.2) is 42.4 Å². The second kappa shape index (κ2) is 6.57. The molecule has 1 rings (SSSR count). The zero-order chi connectivity index (χ0) is 12.0. The molecule has 1 heterocycles. The number of rotatable bonds is 6. The number of nitrogens with zero attached hydrogens (tertiary/aromatic N) is 1. The fourth-order valence-corrected chi connectivity index (χ4v) is 1.87. The van der Waals surface area contributed by atoms with E-state index < -0.39 is 0 Å². The van der Waals surface area contributed by atoms with E-state index in [1.165, 1.54) is 11.3 Å². The molecular weight excluding hydrogens is 228 g/mol. The predicted octanol–water partition coefficient (Wildman–Crippen LogP) is 0.579. The molecule has 5 nitrogen and oxygen atoms in total. The maximum Gasteiger partial charge on any atom is 0.271 e. The summed E-state index contributed by atoms with van der Waals surface area (Å²) in [5, 5.41) is 14.2. The molecule has 1 aromatic rings. The lowest BCUT2D eigenvalue weighted by molar-refractivity contribution is 0.0874. The molecule has 0 aliphatic rings. The van der Waals surface area contributed by atoms with E-state index in [9.17, 15) is 4.79 Å². The number of ether oxygens (including phenoxy) is 1. The number of methoxy groups -OCH3 is 1. The number of aliphatic hydroxyl groups is 1. The Morgan fingerprint density at radius 1 is 1.75 bits per heavy atom. The van der Waals surface area contributed by atoms with Gasteiger partial charge in [0.2, 0.25) is 0 Å². The van der Waals surface area contributed by atoms with Gasteiger partial charge >= 0.3 is 0 Å². The summed E-state index contributed by atoms with van der Waals surface area (Å²) < 4.78 is 4.95. The third-order valence-electron chi connectivity index (χ3n) is 2.03. The van der Waals surface area contributed by atoms with Crippen LogP contribution in [0.1, 0.15) is 21.9 Å². The van der Waals surface area contributed by atoms with Crippen molar-refractivity contribution in [1.82, 2.24) is 10.3 Å². The number of aliphatic hydroxyl groups excluding tert-OH is 1. The summed E-state index contributed by atoms with van der Waals surface area (Å²) in [7, 11) is 1.56. The van der Waals surface area contributed by atoms with Gasteiger partial charge in [-0.15, -0.1) is 11.3 Å². The van der Waals surface area contributed by atoms with Crippen LogP contribution in [0.25, 0.3) is 0 Å². The van der Waals surface area contributed by atoms with Crippen molar-refractivity contribution in [3.8, 4) is 0 Å². The molecule has 16 heavy (non-hydrogen) atoms. The van der Waals surface area contributed by atoms with Crippen molar-refractivity contribution in [2.75, 3.05) is 20.3 Å². The molecule has 1 aromatic heterocycles. The van der Waals surface area contributed by atoms with Gasteiger partial charge in [0.1, 0.15) is 5.69 Å². The zero-order valence-electron chi connectivity index (χ0n) is 9.40. The van der Waals surface area contributed by atoms with Crippen molar-refractivity contribution >= 4 is 17.2 Å². The molecule has 0 radical (unpaired) electrons. The van der Waals surface area contributed by atoms with E-state index in [2.05, 4.69) is 10.3 Å². The third kappa shape index (κ3) is 3.88. The minimum absolute atomic E-state index is 0.0183. The molecule has 0 aromatic carbocycles. The van der Waals surface area contributed by atoms with Crippen molar-refractivity contribution in [3.05, 3.63) is 16.1 Å². The third-order valence-corrected chi connectivity index (χ3v) is 2.81. The number of carbonyl (C=O) groups excluding carboxylic acids is 1. The van der Waals surface area contributed by atoms with Crippen LogP contribution < -0.4 is 5.32 Å². The first kappa shape index (κ1) is 13.1. The number of carbonyl (C=O) groups is 1. The molecule has 0 spiro atoms. The van der Waals surface area contributed by atoms with E-state index in [0.29, 0.717) is 18.7 Å². The van der Waals surface area contributed by atoms with E-state index in [1.54, 1.807) is 12.5 Å². The Morgan fingerprint density at radius 3 is 3.00 bits per heavy atom. The van der Waals surface area contributed by atoms with Crippen molar-refractivity contribution < 1.29 is 14.6 Å². The summed E-state index contributed by atoms with van der Waals surface area (Å²) in [4.78, 5) is 15.8. The van der Waals surface area contributed by atoms with E-state index in [1.807, 2.05) is 6.92 Å². The Hall–Kier alpha value is -0.980. The summed E-state index contributed by atoms with van der Waals surface area (Å²) in [6.07, 6.45) is 0.475. The van der Waals surface area contributed by atoms with Gasteiger partial charge < -0.3 is 15.2 Å². The number of aromatic nitrogens is 1. The maximum atomic E-state index is 11.7. The van der Waals surface area contributed by atoms with E-state index >= 15 is 0 Å². The van der Waals surface area contributed by atoms with Gasteiger partial charge in [0, 0.05) is 19.1 Å². The van der Waals surface area contributed by atoms with Gasteiger partial charge in [0.15, 0.2) is 0 Å². The predicted molar refractivity (Wildman–Crippen MR) is 61.7 cm³/mol. The number of nitrogens with one attached hydrogen (secondary N) is 1. The normalized spacial score (nSPS) is 12.4. The summed E-state index contributed by atoms with van der Waals surface area (Å²) in [6.45, 7) is 2.25. The van der Waals surface area contributed by atoms with Gasteiger partial charge in [-0.2, -0.15) is 0 Å². The number of thiazole rings is 1. The topological polar surface area (TPSA) is 71.5 Å². The van der Waals surface area contributed by atoms with E-state index in [0.717, 1.165) is 5.01 Å². The Kier molecular flexibility index (Phi) is 5.37. The molecule has 0 bridgehead atoms. The summed E-state index contributed by atoms with van der Waals surface area (Å²) in [5.41, 5.74) is 0.418. The van der Waals surface area contributed by atoms with Crippen molar-refractivity contribution in [2.24, 2.45) is 0 Å². The molecule has 0 saturated heterocycles. The molecule has 90 valence electrons. The van der Waals surface area contributed by atoms with Gasteiger partial charge in [-0.3, -0.25) is 4.79 Å². The highest BCUT2D eigenvalue weighted by molar-refractivity contribution is 7.09. The first-order valence-corrected chi connectivity index (χ1v) is 5.88. The molecule has 2 N–H and O–H groups in total. The van der Waals surface area contributed by atoms with Gasteiger partial charge in [-0.25, -0.2) is 4.98 Å². The van der Waals surface area contributed by atoms with Crippen LogP contribution in [0.5, 0.6) is 0 Å². The van der Waals surface area contributed by atoms with E-state index in [-0.39, 0.29) is 18.6 Å². The largest absolute Gasteiger partial charge is 0.396 e. The lowest BCUT2D eigenvalue weighted by Gasteiger charge is -2.15. The molecule has 1 unspecified atom stereocenters. The Morgan fingerprint density at radius 2 is 2.50 bits per heavy atom. The Labute approximate surface area is 98.5 Å². The lowest BCUT2D eigenvalue weighted by Crippen LogP contribution is -2.38.